The van der Waals surface area contributed by atoms with Gasteiger partial charge in [0.1, 0.15) is 5.54 Å². The van der Waals surface area contributed by atoms with Crippen LogP contribution in [-0.4, -0.2) is 35.5 Å². The van der Waals surface area contributed by atoms with Crippen LogP contribution in [0.25, 0.3) is 0 Å². The molecule has 0 unspecified atom stereocenters. The van der Waals surface area contributed by atoms with Crippen molar-refractivity contribution in [1.82, 2.24) is 15.5 Å². The molecule has 2 N–H and O–H groups in total. The summed E-state index contributed by atoms with van der Waals surface area (Å²) in [7, 11) is 0. The number of carbonyl (C=O) groups is 2. The van der Waals surface area contributed by atoms with Gasteiger partial charge < -0.3 is 10.6 Å². The molecule has 2 heterocycles. The molecule has 112 valence electrons. The van der Waals surface area contributed by atoms with E-state index < -0.39 is 5.54 Å². The van der Waals surface area contributed by atoms with E-state index in [1.54, 1.807) is 18.2 Å². The van der Waals surface area contributed by atoms with Gasteiger partial charge >= 0.3 is 6.03 Å². The lowest BCUT2D eigenvalue weighted by Crippen LogP contribution is -2.53. The Labute approximate surface area is 132 Å². The first-order valence-corrected chi connectivity index (χ1v) is 7.57. The van der Waals surface area contributed by atoms with Gasteiger partial charge in [-0.15, -0.1) is 0 Å². The molecular weight excluding hydrogens is 313 g/mol. The Morgan fingerprint density at radius 3 is 2.38 bits per heavy atom. The predicted octanol–water partition coefficient (Wildman–Crippen LogP) is 2.17. The molecule has 1 aromatic rings. The van der Waals surface area contributed by atoms with Gasteiger partial charge in [0.15, 0.2) is 0 Å². The van der Waals surface area contributed by atoms with E-state index in [2.05, 4.69) is 10.6 Å². The number of hydrogen-bond acceptors (Lipinski definition) is 3. The van der Waals surface area contributed by atoms with Gasteiger partial charge in [0.2, 0.25) is 0 Å². The van der Waals surface area contributed by atoms with Crippen molar-refractivity contribution in [1.29, 1.82) is 0 Å². The van der Waals surface area contributed by atoms with Crippen molar-refractivity contribution in [3.05, 3.63) is 33.8 Å². The zero-order chi connectivity index (χ0) is 15.0. The first-order chi connectivity index (χ1) is 10.0. The average molecular weight is 328 g/mol. The summed E-state index contributed by atoms with van der Waals surface area (Å²) in [6, 6.07) is 4.75. The highest BCUT2D eigenvalue weighted by Gasteiger charge is 2.51. The average Bonchev–Trinajstić information content (AvgIpc) is 2.67. The zero-order valence-corrected chi connectivity index (χ0v) is 12.8. The van der Waals surface area contributed by atoms with Gasteiger partial charge in [-0.25, -0.2) is 4.79 Å². The molecule has 0 aliphatic carbocycles. The highest BCUT2D eigenvalue weighted by Crippen LogP contribution is 2.31. The fourth-order valence-electron chi connectivity index (χ4n) is 2.85. The fourth-order valence-corrected chi connectivity index (χ4v) is 3.37. The van der Waals surface area contributed by atoms with E-state index >= 15 is 0 Å². The fraction of sp³-hybridized carbons (Fsp3) is 0.429. The lowest BCUT2D eigenvalue weighted by molar-refractivity contribution is -0.132. The third kappa shape index (κ3) is 2.50. The minimum atomic E-state index is -0.768. The largest absolute Gasteiger partial charge is 0.325 e. The quantitative estimate of drug-likeness (QED) is 0.818. The molecule has 1 spiro atoms. The topological polar surface area (TPSA) is 61.4 Å². The number of piperidine rings is 1. The standard InChI is InChI=1S/C14H15Cl2N3O2/c15-10-2-1-3-11(16)9(10)8-19-12(20)14(18-13(19)21)4-6-17-7-5-14/h1-3,17H,4-8H2,(H,18,21). The van der Waals surface area contributed by atoms with Gasteiger partial charge in [-0.1, -0.05) is 29.3 Å². The van der Waals surface area contributed by atoms with Crippen molar-refractivity contribution >= 4 is 35.1 Å². The maximum atomic E-state index is 12.6. The first kappa shape index (κ1) is 14.6. The number of halogens is 2. The number of amides is 3. The van der Waals surface area contributed by atoms with Gasteiger partial charge in [0.05, 0.1) is 6.54 Å². The van der Waals surface area contributed by atoms with Crippen molar-refractivity contribution in [3.8, 4) is 0 Å². The molecule has 0 atom stereocenters. The molecule has 1 aromatic carbocycles. The number of nitrogens with one attached hydrogen (secondary N) is 2. The summed E-state index contributed by atoms with van der Waals surface area (Å²) in [5, 5.41) is 6.94. The molecule has 0 bridgehead atoms. The van der Waals surface area contributed by atoms with Crippen LogP contribution in [0.2, 0.25) is 10.0 Å². The summed E-state index contributed by atoms with van der Waals surface area (Å²) >= 11 is 12.2. The molecule has 5 nitrogen and oxygen atoms in total. The van der Waals surface area contributed by atoms with E-state index in [9.17, 15) is 9.59 Å². The number of benzene rings is 1. The van der Waals surface area contributed by atoms with Crippen molar-refractivity contribution in [3.63, 3.8) is 0 Å². The van der Waals surface area contributed by atoms with Crippen LogP contribution < -0.4 is 10.6 Å². The summed E-state index contributed by atoms with van der Waals surface area (Å²) in [6.07, 6.45) is 1.20. The van der Waals surface area contributed by atoms with Gasteiger partial charge in [-0.3, -0.25) is 9.69 Å². The predicted molar refractivity (Wildman–Crippen MR) is 80.4 cm³/mol. The van der Waals surface area contributed by atoms with E-state index in [-0.39, 0.29) is 18.5 Å². The molecule has 7 heteroatoms. The van der Waals surface area contributed by atoms with Crippen LogP contribution in [0.4, 0.5) is 4.79 Å². The third-order valence-electron chi connectivity index (χ3n) is 4.08. The van der Waals surface area contributed by atoms with Crippen molar-refractivity contribution in [2.45, 2.75) is 24.9 Å². The number of rotatable bonds is 2. The Bertz CT molecular complexity index is 580. The molecule has 0 radical (unpaired) electrons. The number of urea groups is 1. The SMILES string of the molecule is O=C1NC2(CCNCC2)C(=O)N1Cc1c(Cl)cccc1Cl. The molecule has 0 saturated carbocycles. The van der Waals surface area contributed by atoms with Crippen LogP contribution in [0.1, 0.15) is 18.4 Å². The van der Waals surface area contributed by atoms with Crippen LogP contribution in [0.5, 0.6) is 0 Å². The number of carbonyl (C=O) groups excluding carboxylic acids is 2. The molecule has 2 saturated heterocycles. The summed E-state index contributed by atoms with van der Waals surface area (Å²) in [6.45, 7) is 1.53. The van der Waals surface area contributed by atoms with Crippen LogP contribution in [0, 0.1) is 0 Å². The lowest BCUT2D eigenvalue weighted by atomic mass is 9.88. The molecule has 3 rings (SSSR count). The van der Waals surface area contributed by atoms with Crippen LogP contribution in [0.15, 0.2) is 18.2 Å². The Hall–Kier alpha value is -1.30. The van der Waals surface area contributed by atoms with Gasteiger partial charge in [-0.2, -0.15) is 0 Å². The summed E-state index contributed by atoms with van der Waals surface area (Å²) in [4.78, 5) is 26.0. The third-order valence-corrected chi connectivity index (χ3v) is 4.79. The number of imide groups is 1. The summed E-state index contributed by atoms with van der Waals surface area (Å²) in [5.41, 5.74) is -0.175. The Morgan fingerprint density at radius 2 is 1.76 bits per heavy atom. The summed E-state index contributed by atoms with van der Waals surface area (Å²) < 4.78 is 0. The molecule has 0 aromatic heterocycles. The molecule has 2 fully saturated rings. The normalized spacial score (nSPS) is 21.0. The van der Waals surface area contributed by atoms with Gasteiger partial charge in [0, 0.05) is 15.6 Å². The molecule has 21 heavy (non-hydrogen) atoms. The highest BCUT2D eigenvalue weighted by molar-refractivity contribution is 6.36. The lowest BCUT2D eigenvalue weighted by Gasteiger charge is -2.31. The number of nitrogens with zero attached hydrogens (tertiary/aromatic N) is 1. The van der Waals surface area contributed by atoms with Gasteiger partial charge in [0.25, 0.3) is 5.91 Å². The second kappa shape index (κ2) is 5.48. The maximum Gasteiger partial charge on any atom is 0.325 e. The van der Waals surface area contributed by atoms with Gasteiger partial charge in [-0.05, 0) is 38.1 Å². The van der Waals surface area contributed by atoms with Crippen molar-refractivity contribution in [2.24, 2.45) is 0 Å². The zero-order valence-electron chi connectivity index (χ0n) is 11.3. The first-order valence-electron chi connectivity index (χ1n) is 6.81. The van der Waals surface area contributed by atoms with Crippen LogP contribution >= 0.6 is 23.2 Å². The number of hydrogen-bond donors (Lipinski definition) is 2. The molecular formula is C14H15Cl2N3O2. The molecule has 2 aliphatic rings. The molecule has 3 amide bonds. The van der Waals surface area contributed by atoms with Crippen molar-refractivity contribution in [2.75, 3.05) is 13.1 Å². The van der Waals surface area contributed by atoms with E-state index in [1.165, 1.54) is 4.90 Å². The summed E-state index contributed by atoms with van der Waals surface area (Å²) in [5.74, 6) is -0.190. The minimum absolute atomic E-state index is 0.0956. The van der Waals surface area contributed by atoms with E-state index in [4.69, 9.17) is 23.2 Å². The monoisotopic (exact) mass is 327 g/mol. The Balaban J connectivity index is 1.86. The smallest absolute Gasteiger partial charge is 0.323 e. The van der Waals surface area contributed by atoms with E-state index in [0.29, 0.717) is 41.5 Å². The maximum absolute atomic E-state index is 12.6. The Morgan fingerprint density at radius 1 is 1.14 bits per heavy atom. The van der Waals surface area contributed by atoms with E-state index in [0.717, 1.165) is 0 Å². The highest BCUT2D eigenvalue weighted by atomic mass is 35.5. The van der Waals surface area contributed by atoms with Crippen molar-refractivity contribution < 1.29 is 9.59 Å². The van der Waals surface area contributed by atoms with E-state index in [1.807, 2.05) is 0 Å². The molecule has 2 aliphatic heterocycles. The Kier molecular flexibility index (Phi) is 3.82. The minimum Gasteiger partial charge on any atom is -0.323 e. The van der Waals surface area contributed by atoms with Crippen LogP contribution in [-0.2, 0) is 11.3 Å². The second-order valence-electron chi connectivity index (χ2n) is 5.35. The van der Waals surface area contributed by atoms with Crippen LogP contribution in [0.3, 0.4) is 0 Å². The second-order valence-corrected chi connectivity index (χ2v) is 6.17.